The molecule has 3 heterocycles. The molecule has 3 rings (SSSR count). The monoisotopic (exact) mass is 382 g/mol. The van der Waals surface area contributed by atoms with Gasteiger partial charge in [0.1, 0.15) is 4.90 Å². The van der Waals surface area contributed by atoms with Crippen molar-refractivity contribution in [3.8, 4) is 0 Å². The van der Waals surface area contributed by atoms with Crippen LogP contribution in [-0.4, -0.2) is 60.8 Å². The molecule has 0 atom stereocenters. The number of hydrogen-bond acceptors (Lipinski definition) is 6. The van der Waals surface area contributed by atoms with E-state index in [2.05, 4.69) is 9.97 Å². The molecule has 25 heavy (non-hydrogen) atoms. The predicted molar refractivity (Wildman–Crippen MR) is 91.4 cm³/mol. The topological polar surface area (TPSA) is 101 Å². The van der Waals surface area contributed by atoms with Gasteiger partial charge >= 0.3 is 0 Å². The van der Waals surface area contributed by atoms with Crippen molar-refractivity contribution in [2.75, 3.05) is 19.3 Å². The molecule has 1 saturated heterocycles. The summed E-state index contributed by atoms with van der Waals surface area (Å²) in [6.45, 7) is 0.428. The number of sulfonamides is 2. The van der Waals surface area contributed by atoms with E-state index >= 15 is 0 Å². The Labute approximate surface area is 147 Å². The summed E-state index contributed by atoms with van der Waals surface area (Å²) in [5, 5.41) is 0. The minimum absolute atomic E-state index is 0.105. The van der Waals surface area contributed by atoms with E-state index in [0.717, 1.165) is 11.8 Å². The van der Waals surface area contributed by atoms with Crippen LogP contribution in [0.15, 0.2) is 53.9 Å². The van der Waals surface area contributed by atoms with E-state index < -0.39 is 26.1 Å². The smallest absolute Gasteiger partial charge is 0.244 e. The van der Waals surface area contributed by atoms with Crippen LogP contribution in [0.5, 0.6) is 0 Å². The van der Waals surface area contributed by atoms with Crippen molar-refractivity contribution in [2.45, 2.75) is 17.5 Å². The Morgan fingerprint density at radius 3 is 2.32 bits per heavy atom. The van der Waals surface area contributed by atoms with Gasteiger partial charge in [0.05, 0.1) is 12.3 Å². The van der Waals surface area contributed by atoms with E-state index in [4.69, 9.17) is 0 Å². The Hall–Kier alpha value is -1.88. The van der Waals surface area contributed by atoms with Crippen LogP contribution in [0.25, 0.3) is 0 Å². The fourth-order valence-electron chi connectivity index (χ4n) is 2.63. The molecule has 8 nitrogen and oxygen atoms in total. The summed E-state index contributed by atoms with van der Waals surface area (Å²) in [5.74, 6) is 0. The molecule has 0 radical (unpaired) electrons. The maximum Gasteiger partial charge on any atom is 0.244 e. The van der Waals surface area contributed by atoms with Gasteiger partial charge in [0.25, 0.3) is 0 Å². The van der Waals surface area contributed by atoms with E-state index in [1.54, 1.807) is 30.6 Å². The molecule has 1 fully saturated rings. The lowest BCUT2D eigenvalue weighted by molar-refractivity contribution is 0.150. The first kappa shape index (κ1) is 17.9. The minimum Gasteiger partial charge on any atom is -0.265 e. The first-order valence-corrected chi connectivity index (χ1v) is 10.8. The zero-order valence-electron chi connectivity index (χ0n) is 13.6. The highest BCUT2D eigenvalue weighted by molar-refractivity contribution is 7.89. The molecule has 0 aliphatic carbocycles. The Bertz CT molecular complexity index is 928. The summed E-state index contributed by atoms with van der Waals surface area (Å²) in [5.41, 5.74) is 0.800. The molecule has 0 saturated carbocycles. The molecule has 1 aliphatic heterocycles. The number of nitrogens with zero attached hydrogens (tertiary/aromatic N) is 4. The summed E-state index contributed by atoms with van der Waals surface area (Å²) >= 11 is 0. The zero-order valence-corrected chi connectivity index (χ0v) is 15.2. The second-order valence-corrected chi connectivity index (χ2v) is 9.70. The molecular weight excluding hydrogens is 364 g/mol. The lowest BCUT2D eigenvalue weighted by Gasteiger charge is -2.43. The quantitative estimate of drug-likeness (QED) is 0.713. The van der Waals surface area contributed by atoms with Crippen molar-refractivity contribution in [3.63, 3.8) is 0 Å². The second kappa shape index (κ2) is 6.79. The number of pyridine rings is 2. The maximum absolute atomic E-state index is 12.5. The lowest BCUT2D eigenvalue weighted by atomic mass is 10.1. The molecule has 0 aromatic carbocycles. The third-order valence-electron chi connectivity index (χ3n) is 4.02. The van der Waals surface area contributed by atoms with Crippen LogP contribution in [-0.2, 0) is 26.6 Å². The Balaban J connectivity index is 1.74. The summed E-state index contributed by atoms with van der Waals surface area (Å²) in [4.78, 5) is 7.84. The number of aromatic nitrogens is 2. The van der Waals surface area contributed by atoms with E-state index in [-0.39, 0.29) is 24.5 Å². The average Bonchev–Trinajstić information content (AvgIpc) is 2.53. The molecule has 0 spiro atoms. The van der Waals surface area contributed by atoms with Crippen molar-refractivity contribution in [1.29, 1.82) is 0 Å². The maximum atomic E-state index is 12.5. The first-order chi connectivity index (χ1) is 11.8. The highest BCUT2D eigenvalue weighted by atomic mass is 32.2. The fourth-order valence-corrected chi connectivity index (χ4v) is 5.17. The molecule has 0 N–H and O–H groups in total. The summed E-state index contributed by atoms with van der Waals surface area (Å²) < 4.78 is 51.9. The summed E-state index contributed by atoms with van der Waals surface area (Å²) in [7, 11) is -7.13. The minimum atomic E-state index is -3.65. The van der Waals surface area contributed by atoms with Crippen LogP contribution in [0.1, 0.15) is 5.56 Å². The molecule has 2 aromatic heterocycles. The van der Waals surface area contributed by atoms with Crippen LogP contribution in [0.4, 0.5) is 0 Å². The van der Waals surface area contributed by atoms with Gasteiger partial charge in [-0.1, -0.05) is 0 Å². The molecule has 1 aliphatic rings. The Morgan fingerprint density at radius 2 is 1.76 bits per heavy atom. The van der Waals surface area contributed by atoms with Crippen LogP contribution in [0, 0.1) is 0 Å². The molecular formula is C15H18N4O4S2. The lowest BCUT2D eigenvalue weighted by Crippen LogP contribution is -2.61. The van der Waals surface area contributed by atoms with Gasteiger partial charge in [-0.05, 0) is 29.8 Å². The Kier molecular flexibility index (Phi) is 4.87. The van der Waals surface area contributed by atoms with E-state index in [1.165, 1.54) is 27.1 Å². The average molecular weight is 382 g/mol. The highest BCUT2D eigenvalue weighted by Crippen LogP contribution is 2.26. The van der Waals surface area contributed by atoms with Gasteiger partial charge in [-0.3, -0.25) is 9.97 Å². The van der Waals surface area contributed by atoms with Crippen LogP contribution in [0.3, 0.4) is 0 Å². The molecule has 0 amide bonds. The summed E-state index contributed by atoms with van der Waals surface area (Å²) in [6, 6.07) is 6.11. The highest BCUT2D eigenvalue weighted by Gasteiger charge is 2.42. The molecule has 0 unspecified atom stereocenters. The molecule has 2 aromatic rings. The standard InChI is InChI=1S/C15H18N4O4S2/c1-24(20,21)19(10-13-4-7-16-8-5-13)14-11-18(12-14)25(22,23)15-3-2-6-17-9-15/h2-9,14H,10-12H2,1H3. The summed E-state index contributed by atoms with van der Waals surface area (Å²) in [6.07, 6.45) is 7.10. The van der Waals surface area contributed by atoms with E-state index in [0.29, 0.717) is 0 Å². The van der Waals surface area contributed by atoms with Crippen LogP contribution < -0.4 is 0 Å². The van der Waals surface area contributed by atoms with Gasteiger partial charge in [-0.25, -0.2) is 16.8 Å². The fraction of sp³-hybridized carbons (Fsp3) is 0.333. The SMILES string of the molecule is CS(=O)(=O)N(Cc1ccncc1)C1CN(S(=O)(=O)c2cccnc2)C1. The van der Waals surface area contributed by atoms with Crippen LogP contribution >= 0.6 is 0 Å². The van der Waals surface area contributed by atoms with Crippen molar-refractivity contribution in [3.05, 3.63) is 54.6 Å². The zero-order chi connectivity index (χ0) is 18.1. The molecule has 0 bridgehead atoms. The van der Waals surface area contributed by atoms with Gasteiger partial charge in [-0.15, -0.1) is 0 Å². The third-order valence-corrected chi connectivity index (χ3v) is 7.12. The second-order valence-electron chi connectivity index (χ2n) is 5.83. The normalized spacial score (nSPS) is 16.7. The predicted octanol–water partition coefficient (Wildman–Crippen LogP) is 0.311. The first-order valence-electron chi connectivity index (χ1n) is 7.54. The van der Waals surface area contributed by atoms with Gasteiger partial charge in [0.2, 0.25) is 20.0 Å². The number of hydrogen-bond donors (Lipinski definition) is 0. The van der Waals surface area contributed by atoms with Gasteiger partial charge in [0, 0.05) is 44.4 Å². The van der Waals surface area contributed by atoms with Gasteiger partial charge < -0.3 is 0 Å². The Morgan fingerprint density at radius 1 is 1.08 bits per heavy atom. The third kappa shape index (κ3) is 3.87. The van der Waals surface area contributed by atoms with E-state index in [9.17, 15) is 16.8 Å². The van der Waals surface area contributed by atoms with Crippen molar-refractivity contribution in [1.82, 2.24) is 18.6 Å². The van der Waals surface area contributed by atoms with Gasteiger partial charge in [0.15, 0.2) is 0 Å². The number of rotatable bonds is 6. The van der Waals surface area contributed by atoms with E-state index in [1.807, 2.05) is 0 Å². The van der Waals surface area contributed by atoms with Crippen LogP contribution in [0.2, 0.25) is 0 Å². The van der Waals surface area contributed by atoms with Crippen molar-refractivity contribution in [2.24, 2.45) is 0 Å². The van der Waals surface area contributed by atoms with Crippen molar-refractivity contribution < 1.29 is 16.8 Å². The molecule has 134 valence electrons. The van der Waals surface area contributed by atoms with Gasteiger partial charge in [-0.2, -0.15) is 8.61 Å². The van der Waals surface area contributed by atoms with Crippen molar-refractivity contribution >= 4 is 20.0 Å². The largest absolute Gasteiger partial charge is 0.265 e. The molecule has 10 heteroatoms.